The molecule has 0 radical (unpaired) electrons. The van der Waals surface area contributed by atoms with E-state index in [2.05, 4.69) is 44.7 Å². The van der Waals surface area contributed by atoms with Crippen LogP contribution in [0.4, 0.5) is 0 Å². The highest BCUT2D eigenvalue weighted by Crippen LogP contribution is 2.29. The van der Waals surface area contributed by atoms with Crippen molar-refractivity contribution in [2.24, 2.45) is 0 Å². The van der Waals surface area contributed by atoms with E-state index in [0.717, 1.165) is 18.6 Å². The molecule has 1 aromatic carbocycles. The van der Waals surface area contributed by atoms with Crippen LogP contribution in [0.15, 0.2) is 41.8 Å². The maximum absolute atomic E-state index is 5.73. The second-order valence-corrected chi connectivity index (χ2v) is 6.39. The van der Waals surface area contributed by atoms with Crippen LogP contribution in [0.3, 0.4) is 0 Å². The Kier molecular flexibility index (Phi) is 7.35. The molecule has 1 aromatic rings. The van der Waals surface area contributed by atoms with Gasteiger partial charge in [-0.05, 0) is 32.4 Å². The van der Waals surface area contributed by atoms with Crippen molar-refractivity contribution in [3.63, 3.8) is 0 Å². The number of hydrogen-bond acceptors (Lipinski definition) is 3. The largest absolute Gasteiger partial charge is 0.381 e. The van der Waals surface area contributed by atoms with Crippen molar-refractivity contribution < 1.29 is 9.47 Å². The summed E-state index contributed by atoms with van der Waals surface area (Å²) >= 11 is 1.82. The van der Waals surface area contributed by atoms with Crippen molar-refractivity contribution in [1.82, 2.24) is 0 Å². The Hall–Kier alpha value is -0.770. The monoisotopic (exact) mass is 294 g/mol. The Morgan fingerprint density at radius 3 is 2.45 bits per heavy atom. The van der Waals surface area contributed by atoms with Crippen molar-refractivity contribution in [2.45, 2.75) is 43.3 Å². The van der Waals surface area contributed by atoms with Gasteiger partial charge in [0.2, 0.25) is 0 Å². The minimum Gasteiger partial charge on any atom is -0.381 e. The fourth-order valence-electron chi connectivity index (χ4n) is 2.00. The van der Waals surface area contributed by atoms with Crippen LogP contribution >= 0.6 is 11.8 Å². The Balaban J connectivity index is 2.59. The SMILES string of the molecule is C=CC[C@@H](C[C@@](C)(CSc1ccc(C)cc1)OC)OC. The molecule has 0 unspecified atom stereocenters. The molecular formula is C17H26O2S. The molecule has 0 bridgehead atoms. The Labute approximate surface area is 127 Å². The predicted molar refractivity (Wildman–Crippen MR) is 87.5 cm³/mol. The lowest BCUT2D eigenvalue weighted by Gasteiger charge is -2.31. The van der Waals surface area contributed by atoms with Crippen molar-refractivity contribution in [2.75, 3.05) is 20.0 Å². The van der Waals surface area contributed by atoms with Gasteiger partial charge < -0.3 is 9.47 Å². The van der Waals surface area contributed by atoms with E-state index < -0.39 is 0 Å². The van der Waals surface area contributed by atoms with Crippen LogP contribution in [-0.2, 0) is 9.47 Å². The number of rotatable bonds is 9. The van der Waals surface area contributed by atoms with Crippen LogP contribution < -0.4 is 0 Å². The highest BCUT2D eigenvalue weighted by Gasteiger charge is 2.27. The Morgan fingerprint density at radius 1 is 1.30 bits per heavy atom. The second-order valence-electron chi connectivity index (χ2n) is 5.34. The summed E-state index contributed by atoms with van der Waals surface area (Å²) in [5.74, 6) is 0.906. The van der Waals surface area contributed by atoms with E-state index in [0.29, 0.717) is 0 Å². The molecule has 2 nitrogen and oxygen atoms in total. The number of thioether (sulfide) groups is 1. The quantitative estimate of drug-likeness (QED) is 0.494. The molecule has 112 valence electrons. The molecule has 1 rings (SSSR count). The van der Waals surface area contributed by atoms with Gasteiger partial charge in [-0.3, -0.25) is 0 Å². The van der Waals surface area contributed by atoms with E-state index in [4.69, 9.17) is 9.47 Å². The van der Waals surface area contributed by atoms with E-state index >= 15 is 0 Å². The summed E-state index contributed by atoms with van der Waals surface area (Å²) < 4.78 is 11.2. The van der Waals surface area contributed by atoms with Crippen LogP contribution in [-0.4, -0.2) is 31.7 Å². The zero-order chi connectivity index (χ0) is 15.0. The predicted octanol–water partition coefficient (Wildman–Crippen LogP) is 4.47. The average Bonchev–Trinajstić information content (AvgIpc) is 2.46. The molecular weight excluding hydrogens is 268 g/mol. The molecule has 0 spiro atoms. The number of ether oxygens (including phenoxy) is 2. The van der Waals surface area contributed by atoms with Gasteiger partial charge in [-0.1, -0.05) is 23.8 Å². The number of benzene rings is 1. The molecule has 0 aromatic heterocycles. The highest BCUT2D eigenvalue weighted by atomic mass is 32.2. The fourth-order valence-corrected chi connectivity index (χ4v) is 3.04. The van der Waals surface area contributed by atoms with Gasteiger partial charge >= 0.3 is 0 Å². The van der Waals surface area contributed by atoms with Crippen LogP contribution in [0, 0.1) is 6.92 Å². The molecule has 0 saturated carbocycles. The fraction of sp³-hybridized carbons (Fsp3) is 0.529. The summed E-state index contributed by atoms with van der Waals surface area (Å²) in [6, 6.07) is 8.60. The standard InChI is InChI=1S/C17H26O2S/c1-6-7-15(18-4)12-17(3,19-5)13-20-16-10-8-14(2)9-11-16/h6,8-11,15H,1,7,12-13H2,2-5H3/t15-,17-/m0/s1. The third-order valence-corrected chi connectivity index (χ3v) is 4.84. The van der Waals surface area contributed by atoms with Crippen molar-refractivity contribution >= 4 is 11.8 Å². The molecule has 3 heteroatoms. The van der Waals surface area contributed by atoms with Gasteiger partial charge in [0.15, 0.2) is 0 Å². The zero-order valence-electron chi connectivity index (χ0n) is 13.0. The first kappa shape index (κ1) is 17.3. The first-order valence-electron chi connectivity index (χ1n) is 6.91. The zero-order valence-corrected chi connectivity index (χ0v) is 13.8. The van der Waals surface area contributed by atoms with E-state index in [-0.39, 0.29) is 11.7 Å². The van der Waals surface area contributed by atoms with Crippen LogP contribution in [0.25, 0.3) is 0 Å². The summed E-state index contributed by atoms with van der Waals surface area (Å²) in [4.78, 5) is 1.27. The Morgan fingerprint density at radius 2 is 1.95 bits per heavy atom. The highest BCUT2D eigenvalue weighted by molar-refractivity contribution is 7.99. The number of methoxy groups -OCH3 is 2. The second kappa shape index (κ2) is 8.50. The smallest absolute Gasteiger partial charge is 0.0769 e. The van der Waals surface area contributed by atoms with Crippen molar-refractivity contribution in [1.29, 1.82) is 0 Å². The normalized spacial score (nSPS) is 15.6. The van der Waals surface area contributed by atoms with Gasteiger partial charge in [0, 0.05) is 31.3 Å². The minimum atomic E-state index is -0.195. The van der Waals surface area contributed by atoms with Gasteiger partial charge in [-0.25, -0.2) is 0 Å². The van der Waals surface area contributed by atoms with E-state index in [1.54, 1.807) is 14.2 Å². The molecule has 0 saturated heterocycles. The topological polar surface area (TPSA) is 18.5 Å². The van der Waals surface area contributed by atoms with E-state index in [1.165, 1.54) is 10.5 Å². The van der Waals surface area contributed by atoms with Gasteiger partial charge in [0.1, 0.15) is 0 Å². The lowest BCUT2D eigenvalue weighted by molar-refractivity contribution is -0.0271. The molecule has 20 heavy (non-hydrogen) atoms. The molecule has 0 aliphatic rings. The lowest BCUT2D eigenvalue weighted by atomic mass is 9.98. The molecule has 0 amide bonds. The molecule has 0 aliphatic heterocycles. The van der Waals surface area contributed by atoms with Crippen molar-refractivity contribution in [3.05, 3.63) is 42.5 Å². The maximum Gasteiger partial charge on any atom is 0.0769 e. The average molecular weight is 294 g/mol. The first-order valence-corrected chi connectivity index (χ1v) is 7.90. The third-order valence-electron chi connectivity index (χ3n) is 3.48. The molecule has 0 N–H and O–H groups in total. The van der Waals surface area contributed by atoms with Crippen molar-refractivity contribution in [3.8, 4) is 0 Å². The molecule has 0 aliphatic carbocycles. The van der Waals surface area contributed by atoms with Crippen LogP contribution in [0.2, 0.25) is 0 Å². The molecule has 0 fully saturated rings. The third kappa shape index (κ3) is 5.70. The summed E-state index contributed by atoms with van der Waals surface area (Å²) in [6.45, 7) is 8.03. The summed E-state index contributed by atoms with van der Waals surface area (Å²) in [5.41, 5.74) is 1.09. The lowest BCUT2D eigenvalue weighted by Crippen LogP contribution is -2.35. The van der Waals surface area contributed by atoms with Gasteiger partial charge in [-0.2, -0.15) is 0 Å². The summed E-state index contributed by atoms with van der Waals surface area (Å²) in [5, 5.41) is 0. The summed E-state index contributed by atoms with van der Waals surface area (Å²) in [7, 11) is 3.52. The number of aryl methyl sites for hydroxylation is 1. The van der Waals surface area contributed by atoms with Crippen LogP contribution in [0.1, 0.15) is 25.3 Å². The summed E-state index contributed by atoms with van der Waals surface area (Å²) in [6.07, 6.45) is 3.78. The van der Waals surface area contributed by atoms with E-state index in [9.17, 15) is 0 Å². The first-order chi connectivity index (χ1) is 9.53. The maximum atomic E-state index is 5.73. The number of hydrogen-bond donors (Lipinski definition) is 0. The minimum absolute atomic E-state index is 0.163. The van der Waals surface area contributed by atoms with Gasteiger partial charge in [0.05, 0.1) is 11.7 Å². The van der Waals surface area contributed by atoms with Crippen LogP contribution in [0.5, 0.6) is 0 Å². The van der Waals surface area contributed by atoms with Gasteiger partial charge in [0.25, 0.3) is 0 Å². The van der Waals surface area contributed by atoms with Gasteiger partial charge in [-0.15, -0.1) is 18.3 Å². The molecule has 2 atom stereocenters. The van der Waals surface area contributed by atoms with E-state index in [1.807, 2.05) is 17.8 Å². The molecule has 0 heterocycles. The Bertz CT molecular complexity index is 402.